The fraction of sp³-hybridized carbons (Fsp3) is 0.0909. The van der Waals surface area contributed by atoms with Crippen molar-refractivity contribution in [2.45, 2.75) is 6.54 Å². The minimum Gasteiger partial charge on any atom is -0.465 e. The first kappa shape index (κ1) is 19.5. The van der Waals surface area contributed by atoms with Gasteiger partial charge in [0.2, 0.25) is 0 Å². The number of benzene rings is 3. The summed E-state index contributed by atoms with van der Waals surface area (Å²) in [6.07, 6.45) is 0. The minimum atomic E-state index is -0.503. The van der Waals surface area contributed by atoms with E-state index in [2.05, 4.69) is 5.32 Å². The zero-order chi connectivity index (χ0) is 19.9. The van der Waals surface area contributed by atoms with E-state index in [4.69, 9.17) is 16.3 Å². The molecule has 0 heterocycles. The van der Waals surface area contributed by atoms with Crippen LogP contribution in [0.4, 0.5) is 16.2 Å². The molecule has 0 bridgehead atoms. The van der Waals surface area contributed by atoms with Crippen molar-refractivity contribution in [1.82, 2.24) is 0 Å². The molecule has 5 nitrogen and oxygen atoms in total. The standard InChI is InChI=1S/C22H19ClN2O3/c1-28-21(26)17-12-13-19(23)20(14-17)24-22(27)25(18-10-6-3-7-11-18)15-16-8-4-2-5-9-16/h2-14H,15H2,1H3,(H,24,27). The van der Waals surface area contributed by atoms with E-state index in [1.165, 1.54) is 13.2 Å². The Labute approximate surface area is 168 Å². The highest BCUT2D eigenvalue weighted by atomic mass is 35.5. The lowest BCUT2D eigenvalue weighted by Gasteiger charge is -2.24. The summed E-state index contributed by atoms with van der Waals surface area (Å²) in [5.41, 5.74) is 2.36. The average Bonchev–Trinajstić information content (AvgIpc) is 2.74. The molecule has 0 saturated heterocycles. The Morgan fingerprint density at radius 1 is 0.964 bits per heavy atom. The van der Waals surface area contributed by atoms with Gasteiger partial charge in [-0.05, 0) is 35.9 Å². The van der Waals surface area contributed by atoms with Gasteiger partial charge in [-0.2, -0.15) is 0 Å². The third kappa shape index (κ3) is 4.69. The predicted molar refractivity (Wildman–Crippen MR) is 111 cm³/mol. The number of methoxy groups -OCH3 is 1. The summed E-state index contributed by atoms with van der Waals surface area (Å²) in [5, 5.41) is 3.12. The highest BCUT2D eigenvalue weighted by molar-refractivity contribution is 6.34. The van der Waals surface area contributed by atoms with Gasteiger partial charge in [0.05, 0.1) is 29.9 Å². The van der Waals surface area contributed by atoms with Crippen LogP contribution in [0.2, 0.25) is 5.02 Å². The molecule has 1 N–H and O–H groups in total. The molecule has 0 fully saturated rings. The number of esters is 1. The van der Waals surface area contributed by atoms with E-state index < -0.39 is 5.97 Å². The number of hydrogen-bond donors (Lipinski definition) is 1. The number of ether oxygens (including phenoxy) is 1. The maximum absolute atomic E-state index is 13.1. The van der Waals surface area contributed by atoms with Crippen LogP contribution in [0, 0.1) is 0 Å². The van der Waals surface area contributed by atoms with Crippen LogP contribution in [0.3, 0.4) is 0 Å². The Balaban J connectivity index is 1.89. The van der Waals surface area contributed by atoms with Crippen molar-refractivity contribution in [3.63, 3.8) is 0 Å². The number of urea groups is 1. The van der Waals surface area contributed by atoms with Gasteiger partial charge in [0.25, 0.3) is 0 Å². The molecule has 0 aliphatic heterocycles. The van der Waals surface area contributed by atoms with E-state index in [0.29, 0.717) is 22.8 Å². The van der Waals surface area contributed by atoms with Crippen LogP contribution in [0.15, 0.2) is 78.9 Å². The summed E-state index contributed by atoms with van der Waals surface area (Å²) in [6.45, 7) is 0.380. The number of carbonyl (C=O) groups excluding carboxylic acids is 2. The first-order valence-electron chi connectivity index (χ1n) is 8.64. The fourth-order valence-corrected chi connectivity index (χ4v) is 2.87. The molecule has 28 heavy (non-hydrogen) atoms. The van der Waals surface area contributed by atoms with E-state index in [-0.39, 0.29) is 6.03 Å². The molecule has 3 aromatic rings. The molecule has 6 heteroatoms. The molecule has 0 aromatic heterocycles. The topological polar surface area (TPSA) is 58.6 Å². The molecular formula is C22H19ClN2O3. The predicted octanol–water partition coefficient (Wildman–Crippen LogP) is 5.37. The Morgan fingerprint density at radius 3 is 2.25 bits per heavy atom. The van der Waals surface area contributed by atoms with Crippen molar-refractivity contribution in [3.05, 3.63) is 95.0 Å². The van der Waals surface area contributed by atoms with E-state index in [0.717, 1.165) is 11.3 Å². The fourth-order valence-electron chi connectivity index (χ4n) is 2.70. The van der Waals surface area contributed by atoms with Crippen molar-refractivity contribution in [1.29, 1.82) is 0 Å². The Morgan fingerprint density at radius 2 is 1.61 bits per heavy atom. The number of halogens is 1. The minimum absolute atomic E-state index is 0.302. The van der Waals surface area contributed by atoms with Crippen LogP contribution in [-0.2, 0) is 11.3 Å². The molecule has 0 spiro atoms. The van der Waals surface area contributed by atoms with Gasteiger partial charge in [0.15, 0.2) is 0 Å². The third-order valence-electron chi connectivity index (χ3n) is 4.13. The number of rotatable bonds is 5. The van der Waals surface area contributed by atoms with Crippen molar-refractivity contribution in [2.75, 3.05) is 17.3 Å². The van der Waals surface area contributed by atoms with Crippen LogP contribution in [0.25, 0.3) is 0 Å². The summed E-state index contributed by atoms with van der Waals surface area (Å²) >= 11 is 6.21. The van der Waals surface area contributed by atoms with Crippen LogP contribution < -0.4 is 10.2 Å². The number of carbonyl (C=O) groups is 2. The Hall–Kier alpha value is -3.31. The van der Waals surface area contributed by atoms with Crippen molar-refractivity contribution < 1.29 is 14.3 Å². The molecule has 0 atom stereocenters. The first-order valence-corrected chi connectivity index (χ1v) is 9.01. The molecule has 0 radical (unpaired) electrons. The lowest BCUT2D eigenvalue weighted by molar-refractivity contribution is 0.0600. The van der Waals surface area contributed by atoms with Gasteiger partial charge in [-0.25, -0.2) is 9.59 Å². The maximum Gasteiger partial charge on any atom is 0.337 e. The molecule has 2 amide bonds. The number of anilines is 2. The highest BCUT2D eigenvalue weighted by Crippen LogP contribution is 2.25. The Kier molecular flexibility index (Phi) is 6.29. The molecule has 142 valence electrons. The number of para-hydroxylation sites is 1. The summed E-state index contributed by atoms with van der Waals surface area (Å²) in [4.78, 5) is 26.4. The summed E-state index contributed by atoms with van der Waals surface area (Å²) in [5.74, 6) is -0.503. The van der Waals surface area contributed by atoms with E-state index in [9.17, 15) is 9.59 Å². The third-order valence-corrected chi connectivity index (χ3v) is 4.46. The normalized spacial score (nSPS) is 10.2. The molecule has 3 aromatic carbocycles. The lowest BCUT2D eigenvalue weighted by atomic mass is 10.2. The number of nitrogens with zero attached hydrogens (tertiary/aromatic N) is 1. The zero-order valence-electron chi connectivity index (χ0n) is 15.3. The molecule has 0 unspecified atom stereocenters. The molecular weight excluding hydrogens is 376 g/mol. The van der Waals surface area contributed by atoms with Crippen molar-refractivity contribution >= 4 is 35.0 Å². The number of nitrogens with one attached hydrogen (secondary N) is 1. The van der Waals surface area contributed by atoms with Gasteiger partial charge in [-0.3, -0.25) is 4.90 Å². The smallest absolute Gasteiger partial charge is 0.337 e. The lowest BCUT2D eigenvalue weighted by Crippen LogP contribution is -2.34. The molecule has 0 saturated carbocycles. The second kappa shape index (κ2) is 9.06. The second-order valence-corrected chi connectivity index (χ2v) is 6.43. The monoisotopic (exact) mass is 394 g/mol. The second-order valence-electron chi connectivity index (χ2n) is 6.02. The number of amides is 2. The summed E-state index contributed by atoms with van der Waals surface area (Å²) < 4.78 is 4.73. The first-order chi connectivity index (χ1) is 13.6. The number of hydrogen-bond acceptors (Lipinski definition) is 3. The van der Waals surface area contributed by atoms with E-state index in [1.807, 2.05) is 60.7 Å². The van der Waals surface area contributed by atoms with Crippen molar-refractivity contribution in [3.8, 4) is 0 Å². The van der Waals surface area contributed by atoms with E-state index in [1.54, 1.807) is 17.0 Å². The van der Waals surface area contributed by atoms with Gasteiger partial charge in [0, 0.05) is 5.69 Å². The van der Waals surface area contributed by atoms with Crippen LogP contribution in [0.5, 0.6) is 0 Å². The average molecular weight is 395 g/mol. The largest absolute Gasteiger partial charge is 0.465 e. The molecule has 3 rings (SSSR count). The van der Waals surface area contributed by atoms with Gasteiger partial charge < -0.3 is 10.1 Å². The van der Waals surface area contributed by atoms with E-state index >= 15 is 0 Å². The Bertz CT molecular complexity index is 962. The van der Waals surface area contributed by atoms with Gasteiger partial charge in [-0.1, -0.05) is 60.1 Å². The van der Waals surface area contributed by atoms with Gasteiger partial charge >= 0.3 is 12.0 Å². The van der Waals surface area contributed by atoms with Crippen LogP contribution >= 0.6 is 11.6 Å². The SMILES string of the molecule is COC(=O)c1ccc(Cl)c(NC(=O)N(Cc2ccccc2)c2ccccc2)c1. The van der Waals surface area contributed by atoms with Crippen LogP contribution in [-0.4, -0.2) is 19.1 Å². The van der Waals surface area contributed by atoms with Crippen molar-refractivity contribution in [2.24, 2.45) is 0 Å². The van der Waals surface area contributed by atoms with Crippen LogP contribution in [0.1, 0.15) is 15.9 Å². The molecule has 0 aliphatic carbocycles. The maximum atomic E-state index is 13.1. The zero-order valence-corrected chi connectivity index (χ0v) is 16.0. The molecule has 0 aliphatic rings. The van der Waals surface area contributed by atoms with Gasteiger partial charge in [0.1, 0.15) is 0 Å². The summed E-state index contributed by atoms with van der Waals surface area (Å²) in [6, 6.07) is 23.2. The highest BCUT2D eigenvalue weighted by Gasteiger charge is 2.18. The van der Waals surface area contributed by atoms with Gasteiger partial charge in [-0.15, -0.1) is 0 Å². The summed E-state index contributed by atoms with van der Waals surface area (Å²) in [7, 11) is 1.30. The quantitative estimate of drug-likeness (QED) is 0.592.